The maximum atomic E-state index is 15.3. The number of alkyl halides is 1. The van der Waals surface area contributed by atoms with Crippen molar-refractivity contribution in [1.29, 1.82) is 0 Å². The van der Waals surface area contributed by atoms with E-state index in [0.29, 0.717) is 12.3 Å². The van der Waals surface area contributed by atoms with E-state index in [0.717, 1.165) is 57.8 Å². The molecule has 0 rings (SSSR count). The predicted octanol–water partition coefficient (Wildman–Crippen LogP) is 14.1. The van der Waals surface area contributed by atoms with Gasteiger partial charge in [0.1, 0.15) is 6.17 Å². The summed E-state index contributed by atoms with van der Waals surface area (Å²) in [5.74, 6) is 0.331. The number of hydrogen-bond donors (Lipinski definition) is 0. The molecule has 0 aliphatic heterocycles. The molecule has 0 aliphatic rings. The van der Waals surface area contributed by atoms with E-state index < -0.39 is 18.2 Å². The third-order valence-corrected chi connectivity index (χ3v) is 17.4. The van der Waals surface area contributed by atoms with Crippen LogP contribution in [0.2, 0.25) is 11.1 Å². The first-order valence-corrected chi connectivity index (χ1v) is 25.4. The van der Waals surface area contributed by atoms with Gasteiger partial charge in [-0.1, -0.05) is 137 Å². The second kappa shape index (κ2) is 22.7. The summed E-state index contributed by atoms with van der Waals surface area (Å²) in [7, 11) is 0. The topological polar surface area (TPSA) is 0 Å². The van der Waals surface area contributed by atoms with Crippen molar-refractivity contribution in [3.63, 3.8) is 0 Å². The van der Waals surface area contributed by atoms with Crippen molar-refractivity contribution in [2.24, 2.45) is 11.8 Å². The minimum Gasteiger partial charge on any atom is -0.247 e. The molecule has 0 fully saturated rings. The Labute approximate surface area is 260 Å². The molecule has 0 saturated heterocycles. The average Bonchev–Trinajstić information content (AvgIpc) is 2.82. The van der Waals surface area contributed by atoms with Gasteiger partial charge in [0.05, 0.1) is 0 Å². The second-order valence-corrected chi connectivity index (χ2v) is 29.6. The molecule has 5 unspecified atom stereocenters. The maximum Gasteiger partial charge on any atom is 0.344 e. The van der Waals surface area contributed by atoms with Crippen LogP contribution in [0.3, 0.4) is 0 Å². The fourth-order valence-corrected chi connectivity index (χ4v) is 10.2. The molecule has 224 valence electrons. The van der Waals surface area contributed by atoms with Crippen molar-refractivity contribution < 1.29 is 4.39 Å². The van der Waals surface area contributed by atoms with Crippen molar-refractivity contribution in [3.8, 4) is 0 Å². The van der Waals surface area contributed by atoms with Gasteiger partial charge < -0.3 is 0 Å². The lowest BCUT2D eigenvalue weighted by Crippen LogP contribution is -2.31. The predicted molar refractivity (Wildman–Crippen MR) is 176 cm³/mol. The van der Waals surface area contributed by atoms with Crippen LogP contribution in [0.5, 0.6) is 0 Å². The normalized spacial score (nSPS) is 16.9. The molecule has 9 heteroatoms. The quantitative estimate of drug-likeness (QED) is 0.0512. The molecule has 0 bridgehead atoms. The highest BCUT2D eigenvalue weighted by molar-refractivity contribution is 7.65. The number of halogens is 7. The number of rotatable bonds is 25. The van der Waals surface area contributed by atoms with Gasteiger partial charge in [-0.25, -0.2) is 4.39 Å². The third kappa shape index (κ3) is 19.8. The van der Waals surface area contributed by atoms with Crippen LogP contribution in [0.1, 0.15) is 150 Å². The Balaban J connectivity index is 4.61. The Morgan fingerprint density at radius 1 is 0.486 bits per heavy atom. The molecule has 0 aromatic rings. The van der Waals surface area contributed by atoms with Gasteiger partial charge in [-0.2, -0.15) is 0 Å². The van der Waals surface area contributed by atoms with Gasteiger partial charge in [0.15, 0.2) is 0 Å². The molecule has 0 spiro atoms. The van der Waals surface area contributed by atoms with Crippen LogP contribution >= 0.6 is 66.5 Å². The molecule has 0 saturated carbocycles. The fraction of sp³-hybridized carbons (Fsp3) is 1.00. The van der Waals surface area contributed by atoms with Gasteiger partial charge in [-0.3, -0.25) is 0 Å². The smallest absolute Gasteiger partial charge is 0.247 e. The van der Waals surface area contributed by atoms with Crippen LogP contribution in [-0.2, 0) is 0 Å². The Bertz CT molecular complexity index is 530. The van der Waals surface area contributed by atoms with Crippen LogP contribution in [0, 0.1) is 11.8 Å². The summed E-state index contributed by atoms with van der Waals surface area (Å²) in [5, 5.41) is 0. The van der Waals surface area contributed by atoms with E-state index in [4.69, 9.17) is 66.5 Å². The number of unbranched alkanes of at least 4 members (excludes halogenated alkanes) is 12. The first-order valence-electron chi connectivity index (χ1n) is 15.1. The zero-order valence-corrected chi connectivity index (χ0v) is 30.5. The summed E-state index contributed by atoms with van der Waals surface area (Å²) in [6.07, 6.45) is 20.5. The van der Waals surface area contributed by atoms with Crippen LogP contribution in [0.4, 0.5) is 4.39 Å². The highest BCUT2D eigenvalue weighted by Crippen LogP contribution is 2.45. The Kier molecular flexibility index (Phi) is 24.0. The van der Waals surface area contributed by atoms with Gasteiger partial charge in [0, 0.05) is 0 Å². The molecule has 0 radical (unpaired) electrons. The van der Waals surface area contributed by atoms with Gasteiger partial charge in [0.2, 0.25) is 0 Å². The van der Waals surface area contributed by atoms with E-state index in [-0.39, 0.29) is 17.0 Å². The lowest BCUT2D eigenvalue weighted by Gasteiger charge is -2.30. The Morgan fingerprint density at radius 3 is 1.24 bits per heavy atom. The van der Waals surface area contributed by atoms with E-state index in [1.165, 1.54) is 57.8 Å². The summed E-state index contributed by atoms with van der Waals surface area (Å²) >= 11 is 38.3. The summed E-state index contributed by atoms with van der Waals surface area (Å²) in [6.45, 7) is 8.53. The third-order valence-electron chi connectivity index (χ3n) is 8.22. The van der Waals surface area contributed by atoms with E-state index in [1.54, 1.807) is 0 Å². The number of hydrogen-bond acceptors (Lipinski definition) is 0. The lowest BCUT2D eigenvalue weighted by atomic mass is 9.89. The minimum atomic E-state index is -2.95. The van der Waals surface area contributed by atoms with Crippen molar-refractivity contribution >= 4 is 78.5 Å². The molecule has 0 aliphatic carbocycles. The molecule has 0 heterocycles. The van der Waals surface area contributed by atoms with Gasteiger partial charge in [0.25, 0.3) is 0 Å². The Hall–Kier alpha value is 2.10. The van der Waals surface area contributed by atoms with E-state index in [9.17, 15) is 0 Å². The summed E-state index contributed by atoms with van der Waals surface area (Å²) < 4.78 is 15.3. The van der Waals surface area contributed by atoms with E-state index in [2.05, 4.69) is 20.8 Å². The van der Waals surface area contributed by atoms with E-state index in [1.807, 2.05) is 6.92 Å². The minimum absolute atomic E-state index is 0.152. The van der Waals surface area contributed by atoms with Gasteiger partial charge >= 0.3 is 12.0 Å². The average molecular weight is 680 g/mol. The van der Waals surface area contributed by atoms with Gasteiger partial charge in [-0.05, 0) is 35.8 Å². The fourth-order valence-electron chi connectivity index (χ4n) is 5.38. The molecular weight excluding hydrogens is 624 g/mol. The van der Waals surface area contributed by atoms with Crippen molar-refractivity contribution in [2.45, 2.75) is 167 Å². The van der Waals surface area contributed by atoms with Crippen LogP contribution in [0.25, 0.3) is 0 Å². The molecule has 0 aromatic carbocycles. The highest BCUT2D eigenvalue weighted by atomic mass is 35.8. The van der Waals surface area contributed by atoms with E-state index >= 15 is 4.39 Å². The first kappa shape index (κ1) is 39.1. The van der Waals surface area contributed by atoms with Crippen LogP contribution in [0.15, 0.2) is 0 Å². The lowest BCUT2D eigenvalue weighted by molar-refractivity contribution is 0.190. The molecule has 0 N–H and O–H groups in total. The molecule has 0 amide bonds. The Morgan fingerprint density at radius 2 is 0.838 bits per heavy atom. The summed E-state index contributed by atoms with van der Waals surface area (Å²) in [4.78, 5) is 0. The van der Waals surface area contributed by atoms with Crippen molar-refractivity contribution in [2.75, 3.05) is 0 Å². The zero-order valence-electron chi connectivity index (χ0n) is 24.0. The van der Waals surface area contributed by atoms with Gasteiger partial charge in [-0.15, -0.1) is 66.5 Å². The van der Waals surface area contributed by atoms with Crippen LogP contribution < -0.4 is 0 Å². The maximum absolute atomic E-state index is 15.3. The second-order valence-electron chi connectivity index (χ2n) is 11.4. The monoisotopic (exact) mass is 676 g/mol. The molecule has 5 atom stereocenters. The summed E-state index contributed by atoms with van der Waals surface area (Å²) in [5.41, 5.74) is 0.0113. The van der Waals surface area contributed by atoms with Crippen LogP contribution in [-0.4, -0.2) is 18.2 Å². The molecule has 0 nitrogen and oxygen atoms in total. The standard InChI is InChI=1S/C28H55Cl6FSi2/c1-5-7-9-11-13-16-20-26(24(3)36(29,30)31)21-17-14-15-18-22-27(25(4)37(32,33)34)28(35)23-19-12-10-8-6-2/h24-28H,5-23H2,1-4H3. The molecular formula is C28H55Cl6FSi2. The van der Waals surface area contributed by atoms with Crippen molar-refractivity contribution in [3.05, 3.63) is 0 Å². The zero-order chi connectivity index (χ0) is 28.3. The first-order chi connectivity index (χ1) is 17.4. The SMILES string of the molecule is CCCCCCCCC(CCCCCCC(C(F)CCCCCCC)C(C)[Si](Cl)(Cl)Cl)C(C)[Si](Cl)(Cl)Cl. The molecule has 37 heavy (non-hydrogen) atoms. The molecule has 0 aromatic heterocycles. The largest absolute Gasteiger partial charge is 0.344 e. The highest BCUT2D eigenvalue weighted by Gasteiger charge is 2.41. The summed E-state index contributed by atoms with van der Waals surface area (Å²) in [6, 6.07) is -5.66. The van der Waals surface area contributed by atoms with Crippen molar-refractivity contribution in [1.82, 2.24) is 0 Å².